The molecule has 0 aliphatic carbocycles. The lowest BCUT2D eigenvalue weighted by Crippen LogP contribution is -2.50. The van der Waals surface area contributed by atoms with Gasteiger partial charge in [-0.3, -0.25) is 14.5 Å². The fourth-order valence-corrected chi connectivity index (χ4v) is 2.61. The minimum atomic E-state index is -4.75. The van der Waals surface area contributed by atoms with Crippen LogP contribution in [0.4, 0.5) is 18.9 Å². The number of alkyl halides is 3. The highest BCUT2D eigenvalue weighted by Crippen LogP contribution is 2.23. The second-order valence-corrected chi connectivity index (χ2v) is 6.44. The van der Waals surface area contributed by atoms with Crippen LogP contribution in [0.1, 0.15) is 13.8 Å². The number of nitrogens with one attached hydrogen (secondary N) is 1. The highest BCUT2D eigenvalue weighted by molar-refractivity contribution is 5.92. The van der Waals surface area contributed by atoms with Gasteiger partial charge in [0.05, 0.1) is 6.54 Å². The van der Waals surface area contributed by atoms with Crippen LogP contribution in [0.2, 0.25) is 0 Å². The smallest absolute Gasteiger partial charge is 0.406 e. The Morgan fingerprint density at radius 2 is 1.70 bits per heavy atom. The molecule has 0 saturated carbocycles. The predicted octanol–water partition coefficient (Wildman–Crippen LogP) is 2.63. The van der Waals surface area contributed by atoms with Gasteiger partial charge >= 0.3 is 6.36 Å². The summed E-state index contributed by atoms with van der Waals surface area (Å²) in [7, 11) is 0. The van der Waals surface area contributed by atoms with Gasteiger partial charge in [-0.2, -0.15) is 0 Å². The molecule has 1 aromatic carbocycles. The number of allylic oxidation sites excluding steroid dienone is 1. The standard InChI is InChI=1S/C18H22F3N3O3/c1-13(2)11-17(26)24-9-7-23(8-10-24)12-16(25)22-14-3-5-15(6-4-14)27-18(19,20)21/h3-6,11H,7-10,12H2,1-2H3,(H,22,25). The van der Waals surface area contributed by atoms with Crippen LogP contribution < -0.4 is 10.1 Å². The van der Waals surface area contributed by atoms with E-state index in [1.165, 1.54) is 12.1 Å². The Morgan fingerprint density at radius 1 is 1.11 bits per heavy atom. The number of anilines is 1. The molecular formula is C18H22F3N3O3. The summed E-state index contributed by atoms with van der Waals surface area (Å²) >= 11 is 0. The molecule has 0 aromatic heterocycles. The Balaban J connectivity index is 1.78. The van der Waals surface area contributed by atoms with Crippen molar-refractivity contribution in [1.82, 2.24) is 9.80 Å². The van der Waals surface area contributed by atoms with Crippen LogP contribution >= 0.6 is 0 Å². The topological polar surface area (TPSA) is 61.9 Å². The van der Waals surface area contributed by atoms with Crippen LogP contribution in [0, 0.1) is 0 Å². The van der Waals surface area contributed by atoms with E-state index in [-0.39, 0.29) is 24.1 Å². The van der Waals surface area contributed by atoms with Crippen LogP contribution in [0.15, 0.2) is 35.9 Å². The van der Waals surface area contributed by atoms with E-state index in [9.17, 15) is 22.8 Å². The van der Waals surface area contributed by atoms with Crippen LogP contribution in [0.5, 0.6) is 5.75 Å². The molecule has 0 spiro atoms. The average molecular weight is 385 g/mol. The number of carbonyl (C=O) groups is 2. The molecule has 1 heterocycles. The Bertz CT molecular complexity index is 690. The highest BCUT2D eigenvalue weighted by atomic mass is 19.4. The van der Waals surface area contributed by atoms with Gasteiger partial charge in [-0.25, -0.2) is 0 Å². The SMILES string of the molecule is CC(C)=CC(=O)N1CCN(CC(=O)Nc2ccc(OC(F)(F)F)cc2)CC1. The fraction of sp³-hybridized carbons (Fsp3) is 0.444. The van der Waals surface area contributed by atoms with Crippen molar-refractivity contribution in [3.8, 4) is 5.75 Å². The number of piperazine rings is 1. The molecule has 0 atom stereocenters. The summed E-state index contributed by atoms with van der Waals surface area (Å²) < 4.78 is 40.2. The Kier molecular flexibility index (Phi) is 6.84. The molecule has 0 bridgehead atoms. The predicted molar refractivity (Wildman–Crippen MR) is 94.2 cm³/mol. The third kappa shape index (κ3) is 7.30. The summed E-state index contributed by atoms with van der Waals surface area (Å²) in [6.45, 7) is 6.10. The molecule has 9 heteroatoms. The van der Waals surface area contributed by atoms with Crippen molar-refractivity contribution in [3.05, 3.63) is 35.9 Å². The zero-order chi connectivity index (χ0) is 20.0. The first kappa shape index (κ1) is 20.8. The second-order valence-electron chi connectivity index (χ2n) is 6.44. The monoisotopic (exact) mass is 385 g/mol. The molecule has 1 saturated heterocycles. The maximum atomic E-state index is 12.1. The molecular weight excluding hydrogens is 363 g/mol. The number of rotatable bonds is 5. The molecule has 2 amide bonds. The van der Waals surface area contributed by atoms with Crippen molar-refractivity contribution in [1.29, 1.82) is 0 Å². The average Bonchev–Trinajstić information content (AvgIpc) is 2.55. The van der Waals surface area contributed by atoms with Crippen molar-refractivity contribution in [2.75, 3.05) is 38.0 Å². The van der Waals surface area contributed by atoms with E-state index in [1.54, 1.807) is 11.0 Å². The van der Waals surface area contributed by atoms with Gasteiger partial charge in [0.25, 0.3) is 0 Å². The van der Waals surface area contributed by atoms with Crippen molar-refractivity contribution >= 4 is 17.5 Å². The number of nitrogens with zero attached hydrogens (tertiary/aromatic N) is 2. The molecule has 1 aliphatic heterocycles. The van der Waals surface area contributed by atoms with E-state index in [1.807, 2.05) is 18.7 Å². The minimum Gasteiger partial charge on any atom is -0.406 e. The highest BCUT2D eigenvalue weighted by Gasteiger charge is 2.31. The van der Waals surface area contributed by atoms with E-state index in [0.29, 0.717) is 31.9 Å². The molecule has 1 N–H and O–H groups in total. The second kappa shape index (κ2) is 8.90. The van der Waals surface area contributed by atoms with Crippen molar-refractivity contribution in [2.24, 2.45) is 0 Å². The van der Waals surface area contributed by atoms with Gasteiger partial charge in [-0.05, 0) is 38.1 Å². The summed E-state index contributed by atoms with van der Waals surface area (Å²) in [4.78, 5) is 27.7. The first-order valence-electron chi connectivity index (χ1n) is 8.44. The normalized spacial score (nSPS) is 15.2. The number of benzene rings is 1. The van der Waals surface area contributed by atoms with E-state index >= 15 is 0 Å². The summed E-state index contributed by atoms with van der Waals surface area (Å²) in [6.07, 6.45) is -3.16. The number of amides is 2. The van der Waals surface area contributed by atoms with E-state index < -0.39 is 6.36 Å². The summed E-state index contributed by atoms with van der Waals surface area (Å²) in [5.41, 5.74) is 1.32. The Hall–Kier alpha value is -2.55. The lowest BCUT2D eigenvalue weighted by Gasteiger charge is -2.33. The van der Waals surface area contributed by atoms with Crippen LogP contribution in [0.3, 0.4) is 0 Å². The van der Waals surface area contributed by atoms with Gasteiger partial charge in [0.1, 0.15) is 5.75 Å². The molecule has 1 aliphatic rings. The number of halogens is 3. The van der Waals surface area contributed by atoms with Crippen molar-refractivity contribution in [2.45, 2.75) is 20.2 Å². The summed E-state index contributed by atoms with van der Waals surface area (Å²) in [6, 6.07) is 4.96. The lowest BCUT2D eigenvalue weighted by atomic mass is 10.2. The maximum Gasteiger partial charge on any atom is 0.573 e. The van der Waals surface area contributed by atoms with E-state index in [0.717, 1.165) is 17.7 Å². The van der Waals surface area contributed by atoms with Gasteiger partial charge in [0.2, 0.25) is 11.8 Å². The zero-order valence-corrected chi connectivity index (χ0v) is 15.2. The zero-order valence-electron chi connectivity index (χ0n) is 15.2. The Labute approximate surface area is 155 Å². The fourth-order valence-electron chi connectivity index (χ4n) is 2.61. The summed E-state index contributed by atoms with van der Waals surface area (Å²) in [5, 5.41) is 2.63. The molecule has 6 nitrogen and oxygen atoms in total. The third-order valence-electron chi connectivity index (χ3n) is 3.83. The van der Waals surface area contributed by atoms with Crippen LogP contribution in [-0.2, 0) is 9.59 Å². The minimum absolute atomic E-state index is 0.0275. The molecule has 1 aromatic rings. The molecule has 148 valence electrons. The Morgan fingerprint density at radius 3 is 2.22 bits per heavy atom. The van der Waals surface area contributed by atoms with Crippen LogP contribution in [-0.4, -0.2) is 60.7 Å². The number of carbonyl (C=O) groups excluding carboxylic acids is 2. The summed E-state index contributed by atoms with van der Waals surface area (Å²) in [5.74, 6) is -0.651. The van der Waals surface area contributed by atoms with Gasteiger partial charge in [-0.15, -0.1) is 13.2 Å². The molecule has 0 unspecified atom stereocenters. The van der Waals surface area contributed by atoms with Crippen molar-refractivity contribution < 1.29 is 27.5 Å². The number of hydrogen-bond acceptors (Lipinski definition) is 4. The molecule has 1 fully saturated rings. The van der Waals surface area contributed by atoms with Gasteiger partial charge in [-0.1, -0.05) is 5.57 Å². The first-order chi connectivity index (χ1) is 12.6. The van der Waals surface area contributed by atoms with E-state index in [4.69, 9.17) is 0 Å². The third-order valence-corrected chi connectivity index (χ3v) is 3.83. The van der Waals surface area contributed by atoms with Gasteiger partial charge < -0.3 is 15.0 Å². The lowest BCUT2D eigenvalue weighted by molar-refractivity contribution is -0.274. The maximum absolute atomic E-state index is 12.1. The quantitative estimate of drug-likeness (QED) is 0.792. The number of hydrogen-bond donors (Lipinski definition) is 1. The van der Waals surface area contributed by atoms with E-state index in [2.05, 4.69) is 10.1 Å². The van der Waals surface area contributed by atoms with Crippen molar-refractivity contribution in [3.63, 3.8) is 0 Å². The number of ether oxygens (including phenoxy) is 1. The van der Waals surface area contributed by atoms with Gasteiger partial charge in [0.15, 0.2) is 0 Å². The largest absolute Gasteiger partial charge is 0.573 e. The first-order valence-corrected chi connectivity index (χ1v) is 8.44. The molecule has 27 heavy (non-hydrogen) atoms. The molecule has 2 rings (SSSR count). The molecule has 0 radical (unpaired) electrons. The van der Waals surface area contributed by atoms with Gasteiger partial charge in [0, 0.05) is 37.9 Å². The van der Waals surface area contributed by atoms with Crippen LogP contribution in [0.25, 0.3) is 0 Å².